The third kappa shape index (κ3) is 3.09. The van der Waals surface area contributed by atoms with Crippen molar-refractivity contribution in [3.05, 3.63) is 46.8 Å². The monoisotopic (exact) mass is 314 g/mol. The van der Waals surface area contributed by atoms with Gasteiger partial charge in [0.15, 0.2) is 0 Å². The predicted molar refractivity (Wildman–Crippen MR) is 88.3 cm³/mol. The van der Waals surface area contributed by atoms with Crippen LogP contribution in [-0.2, 0) is 13.1 Å². The first-order valence-electron chi connectivity index (χ1n) is 7.02. The molecule has 5 nitrogen and oxygen atoms in total. The van der Waals surface area contributed by atoms with E-state index in [0.717, 1.165) is 22.5 Å². The Morgan fingerprint density at radius 1 is 1.18 bits per heavy atom. The lowest BCUT2D eigenvalue weighted by Gasteiger charge is -2.08. The average molecular weight is 314 g/mol. The smallest absolute Gasteiger partial charge is 0.268 e. The van der Waals surface area contributed by atoms with E-state index in [1.807, 2.05) is 43.7 Å². The minimum atomic E-state index is 0.529. The van der Waals surface area contributed by atoms with E-state index in [1.165, 1.54) is 5.56 Å². The lowest BCUT2D eigenvalue weighted by molar-refractivity contribution is 0.401. The molecule has 2 N–H and O–H groups in total. The van der Waals surface area contributed by atoms with Crippen LogP contribution in [0.25, 0.3) is 22.2 Å². The Bertz CT molecular complexity index is 746. The summed E-state index contributed by atoms with van der Waals surface area (Å²) in [6.45, 7) is 1.38. The summed E-state index contributed by atoms with van der Waals surface area (Å²) in [6, 6.07) is 9.99. The van der Waals surface area contributed by atoms with Gasteiger partial charge < -0.3 is 15.2 Å². The Balaban J connectivity index is 1.88. The molecule has 0 aliphatic carbocycles. The summed E-state index contributed by atoms with van der Waals surface area (Å²) < 4.78 is 5.45. The fourth-order valence-electron chi connectivity index (χ4n) is 2.21. The van der Waals surface area contributed by atoms with Crippen LogP contribution < -0.4 is 5.73 Å². The van der Waals surface area contributed by atoms with E-state index >= 15 is 0 Å². The van der Waals surface area contributed by atoms with Gasteiger partial charge in [-0.3, -0.25) is 0 Å². The van der Waals surface area contributed by atoms with Crippen LogP contribution >= 0.6 is 11.3 Å². The number of hydrogen-bond donors (Lipinski definition) is 1. The van der Waals surface area contributed by atoms with Crippen LogP contribution in [0.15, 0.2) is 40.2 Å². The summed E-state index contributed by atoms with van der Waals surface area (Å²) in [6.07, 6.45) is 0. The van der Waals surface area contributed by atoms with Crippen molar-refractivity contribution in [2.24, 2.45) is 5.73 Å². The second-order valence-electron chi connectivity index (χ2n) is 5.34. The van der Waals surface area contributed by atoms with Crippen molar-refractivity contribution >= 4 is 11.3 Å². The van der Waals surface area contributed by atoms with Crippen LogP contribution in [0.5, 0.6) is 0 Å². The molecular weight excluding hydrogens is 296 g/mol. The molecule has 0 unspecified atom stereocenters. The number of benzene rings is 1. The molecule has 0 radical (unpaired) electrons. The molecule has 0 aliphatic heterocycles. The molecule has 0 spiro atoms. The van der Waals surface area contributed by atoms with Gasteiger partial charge in [0, 0.05) is 18.7 Å². The molecule has 1 aromatic carbocycles. The van der Waals surface area contributed by atoms with E-state index in [1.54, 1.807) is 11.3 Å². The third-order valence-corrected chi connectivity index (χ3v) is 4.25. The van der Waals surface area contributed by atoms with E-state index < -0.39 is 0 Å². The van der Waals surface area contributed by atoms with Crippen LogP contribution in [0.4, 0.5) is 0 Å². The molecule has 0 aliphatic rings. The van der Waals surface area contributed by atoms with Gasteiger partial charge in [-0.25, -0.2) is 0 Å². The highest BCUT2D eigenvalue weighted by atomic mass is 32.1. The molecule has 6 heteroatoms. The van der Waals surface area contributed by atoms with Crippen LogP contribution in [-0.4, -0.2) is 29.1 Å². The van der Waals surface area contributed by atoms with Gasteiger partial charge in [0.1, 0.15) is 0 Å². The third-order valence-electron chi connectivity index (χ3n) is 3.30. The van der Waals surface area contributed by atoms with Crippen molar-refractivity contribution < 1.29 is 4.52 Å². The molecule has 3 rings (SSSR count). The first kappa shape index (κ1) is 14.9. The largest absolute Gasteiger partial charge is 0.333 e. The molecule has 0 bridgehead atoms. The van der Waals surface area contributed by atoms with Gasteiger partial charge in [0.05, 0.1) is 4.88 Å². The first-order valence-corrected chi connectivity index (χ1v) is 7.90. The standard InChI is InChI=1S/C16H18N4OS/c1-20(2)10-13-7-8-22-14(13)16-18-15(19-21-16)12-5-3-11(9-17)4-6-12/h3-8H,9-10,17H2,1-2H3. The van der Waals surface area contributed by atoms with Gasteiger partial charge in [-0.2, -0.15) is 4.98 Å². The maximum absolute atomic E-state index is 5.61. The summed E-state index contributed by atoms with van der Waals surface area (Å²) in [5.41, 5.74) is 8.82. The molecule has 0 amide bonds. The van der Waals surface area contributed by atoms with E-state index in [4.69, 9.17) is 10.3 Å². The van der Waals surface area contributed by atoms with Gasteiger partial charge in [-0.15, -0.1) is 11.3 Å². The molecule has 0 fully saturated rings. The summed E-state index contributed by atoms with van der Waals surface area (Å²) in [7, 11) is 4.08. The molecular formula is C16H18N4OS. The highest BCUT2D eigenvalue weighted by molar-refractivity contribution is 7.13. The van der Waals surface area contributed by atoms with Gasteiger partial charge in [-0.1, -0.05) is 29.4 Å². The average Bonchev–Trinajstić information content (AvgIpc) is 3.15. The minimum Gasteiger partial charge on any atom is -0.333 e. The highest BCUT2D eigenvalue weighted by Gasteiger charge is 2.15. The first-order chi connectivity index (χ1) is 10.7. The van der Waals surface area contributed by atoms with E-state index in [0.29, 0.717) is 18.3 Å². The maximum Gasteiger partial charge on any atom is 0.268 e. The lowest BCUT2D eigenvalue weighted by atomic mass is 10.1. The number of nitrogens with zero attached hydrogens (tertiary/aromatic N) is 3. The fraction of sp³-hybridized carbons (Fsp3) is 0.250. The number of hydrogen-bond acceptors (Lipinski definition) is 6. The molecule has 114 valence electrons. The van der Waals surface area contributed by atoms with Gasteiger partial charge in [0.25, 0.3) is 5.89 Å². The summed E-state index contributed by atoms with van der Waals surface area (Å²) in [5.74, 6) is 1.17. The van der Waals surface area contributed by atoms with Crippen molar-refractivity contribution in [1.29, 1.82) is 0 Å². The van der Waals surface area contributed by atoms with Crippen molar-refractivity contribution in [2.45, 2.75) is 13.1 Å². The zero-order valence-electron chi connectivity index (χ0n) is 12.6. The zero-order valence-corrected chi connectivity index (χ0v) is 13.4. The Labute approximate surface area is 133 Å². The van der Waals surface area contributed by atoms with E-state index in [9.17, 15) is 0 Å². The topological polar surface area (TPSA) is 68.2 Å². The molecule has 0 atom stereocenters. The highest BCUT2D eigenvalue weighted by Crippen LogP contribution is 2.30. The lowest BCUT2D eigenvalue weighted by Crippen LogP contribution is -2.10. The van der Waals surface area contributed by atoms with Gasteiger partial charge in [-0.05, 0) is 36.7 Å². The maximum atomic E-state index is 5.61. The Hall–Kier alpha value is -2.02. The zero-order chi connectivity index (χ0) is 15.5. The summed E-state index contributed by atoms with van der Waals surface area (Å²) in [5, 5.41) is 6.14. The number of aromatic nitrogens is 2. The molecule has 0 saturated carbocycles. The summed E-state index contributed by atoms with van der Waals surface area (Å²) >= 11 is 1.62. The van der Waals surface area contributed by atoms with Crippen molar-refractivity contribution in [1.82, 2.24) is 15.0 Å². The van der Waals surface area contributed by atoms with Crippen molar-refractivity contribution in [3.8, 4) is 22.2 Å². The molecule has 0 saturated heterocycles. The van der Waals surface area contributed by atoms with E-state index in [-0.39, 0.29) is 0 Å². The predicted octanol–water partition coefficient (Wildman–Crippen LogP) is 2.99. The summed E-state index contributed by atoms with van der Waals surface area (Å²) in [4.78, 5) is 7.68. The second-order valence-corrected chi connectivity index (χ2v) is 6.25. The Morgan fingerprint density at radius 3 is 2.64 bits per heavy atom. The molecule has 2 heterocycles. The van der Waals surface area contributed by atoms with Gasteiger partial charge in [0.2, 0.25) is 5.82 Å². The quantitative estimate of drug-likeness (QED) is 0.784. The Kier molecular flexibility index (Phi) is 4.33. The SMILES string of the molecule is CN(C)Cc1ccsc1-c1nc(-c2ccc(CN)cc2)no1. The number of rotatable bonds is 5. The van der Waals surface area contributed by atoms with Crippen molar-refractivity contribution in [2.75, 3.05) is 14.1 Å². The minimum absolute atomic E-state index is 0.529. The van der Waals surface area contributed by atoms with Crippen LogP contribution in [0.3, 0.4) is 0 Å². The van der Waals surface area contributed by atoms with E-state index in [2.05, 4.69) is 21.1 Å². The normalized spacial score (nSPS) is 11.3. The molecule has 2 aromatic heterocycles. The number of nitrogens with two attached hydrogens (primary N) is 1. The fourth-order valence-corrected chi connectivity index (χ4v) is 3.05. The van der Waals surface area contributed by atoms with Crippen LogP contribution in [0.2, 0.25) is 0 Å². The van der Waals surface area contributed by atoms with Gasteiger partial charge >= 0.3 is 0 Å². The Morgan fingerprint density at radius 2 is 1.95 bits per heavy atom. The molecule has 22 heavy (non-hydrogen) atoms. The number of thiophene rings is 1. The van der Waals surface area contributed by atoms with Crippen molar-refractivity contribution in [3.63, 3.8) is 0 Å². The van der Waals surface area contributed by atoms with Crippen LogP contribution in [0, 0.1) is 0 Å². The van der Waals surface area contributed by atoms with Crippen LogP contribution in [0.1, 0.15) is 11.1 Å². The second kappa shape index (κ2) is 6.39. The molecule has 3 aromatic rings.